The van der Waals surface area contributed by atoms with Crippen molar-refractivity contribution in [1.29, 1.82) is 0 Å². The summed E-state index contributed by atoms with van der Waals surface area (Å²) in [6.07, 6.45) is 7.90. The number of rotatable bonds is 9. The largest absolute Gasteiger partial charge is 0.497 e. The first-order chi connectivity index (χ1) is 18.2. The molecule has 6 nitrogen and oxygen atoms in total. The van der Waals surface area contributed by atoms with Crippen LogP contribution < -0.4 is 4.74 Å². The van der Waals surface area contributed by atoms with Crippen LogP contribution in [0.3, 0.4) is 0 Å². The molecule has 1 fully saturated rings. The Hall–Kier alpha value is -3.64. The molecule has 192 valence electrons. The van der Waals surface area contributed by atoms with Gasteiger partial charge in [0.05, 0.1) is 25.2 Å². The molecule has 0 bridgehead atoms. The summed E-state index contributed by atoms with van der Waals surface area (Å²) in [6.45, 7) is 4.49. The van der Waals surface area contributed by atoms with E-state index in [-0.39, 0.29) is 18.0 Å². The number of amides is 1. The third kappa shape index (κ3) is 5.54. The van der Waals surface area contributed by atoms with Crippen molar-refractivity contribution in [3.63, 3.8) is 0 Å². The zero-order chi connectivity index (χ0) is 25.6. The predicted octanol–water partition coefficient (Wildman–Crippen LogP) is 5.87. The van der Waals surface area contributed by atoms with Crippen LogP contribution in [-0.2, 0) is 6.42 Å². The number of ether oxygens (including phenoxy) is 1. The van der Waals surface area contributed by atoms with Gasteiger partial charge in [-0.2, -0.15) is 0 Å². The second kappa shape index (κ2) is 11.6. The van der Waals surface area contributed by atoms with Gasteiger partial charge in [-0.1, -0.05) is 68.3 Å². The lowest BCUT2D eigenvalue weighted by Crippen LogP contribution is -2.56. The number of unbranched alkanes of at least 4 members (excludes halogenated alkanes) is 1. The molecule has 1 saturated heterocycles. The van der Waals surface area contributed by atoms with Crippen molar-refractivity contribution >= 4 is 16.7 Å². The molecule has 0 saturated carbocycles. The Balaban J connectivity index is 1.40. The van der Waals surface area contributed by atoms with E-state index in [0.29, 0.717) is 6.54 Å². The zero-order valence-corrected chi connectivity index (χ0v) is 21.8. The van der Waals surface area contributed by atoms with Gasteiger partial charge in [0, 0.05) is 37.4 Å². The molecule has 6 heteroatoms. The third-order valence-electron chi connectivity index (χ3n) is 7.59. The Morgan fingerprint density at radius 1 is 1.08 bits per heavy atom. The van der Waals surface area contributed by atoms with E-state index in [1.54, 1.807) is 13.4 Å². The first kappa shape index (κ1) is 25.0. The van der Waals surface area contributed by atoms with Crippen LogP contribution in [-0.4, -0.2) is 58.5 Å². The van der Waals surface area contributed by atoms with Crippen LogP contribution in [0.4, 0.5) is 0 Å². The number of H-pyrrole nitrogens is 1. The van der Waals surface area contributed by atoms with Gasteiger partial charge in [-0.25, -0.2) is 4.98 Å². The standard InChI is InChI=1S/C31H36N4O2/c1-3-4-10-25-21-34(31(36)28-12-7-9-24-8-5-6-11-27(24)28)17-18-35(25)30(29-20-32-22-33-29)19-23-13-15-26(37-2)16-14-23/h5-9,11-16,20,22,25,30H,3-4,10,17-19,21H2,1-2H3,(H,32,33)/t25-,30?/m0/s1. The maximum Gasteiger partial charge on any atom is 0.254 e. The van der Waals surface area contributed by atoms with E-state index >= 15 is 0 Å². The van der Waals surface area contributed by atoms with Gasteiger partial charge in [0.15, 0.2) is 0 Å². The molecule has 1 unspecified atom stereocenters. The van der Waals surface area contributed by atoms with Crippen LogP contribution in [0.25, 0.3) is 10.8 Å². The number of imidazole rings is 1. The molecule has 1 aromatic heterocycles. The second-order valence-electron chi connectivity index (χ2n) is 9.89. The minimum Gasteiger partial charge on any atom is -0.497 e. The van der Waals surface area contributed by atoms with Gasteiger partial charge in [0.1, 0.15) is 5.75 Å². The minimum atomic E-state index is 0.131. The monoisotopic (exact) mass is 496 g/mol. The summed E-state index contributed by atoms with van der Waals surface area (Å²) < 4.78 is 5.36. The van der Waals surface area contributed by atoms with E-state index in [1.807, 2.05) is 42.6 Å². The van der Waals surface area contributed by atoms with Crippen molar-refractivity contribution in [3.05, 3.63) is 96.1 Å². The van der Waals surface area contributed by atoms with Crippen molar-refractivity contribution in [3.8, 4) is 5.75 Å². The first-order valence-corrected chi connectivity index (χ1v) is 13.3. The fraction of sp³-hybridized carbons (Fsp3) is 0.355. The smallest absolute Gasteiger partial charge is 0.254 e. The highest BCUT2D eigenvalue weighted by Crippen LogP contribution is 2.31. The molecule has 1 N–H and O–H groups in total. The SMILES string of the molecule is CCCC[C@H]1CN(C(=O)c2cccc3ccccc23)CCN1C(Cc1ccc(OC)cc1)c1cnc[nH]1. The Bertz CT molecular complexity index is 1300. The van der Waals surface area contributed by atoms with Crippen molar-refractivity contribution in [2.24, 2.45) is 0 Å². The van der Waals surface area contributed by atoms with E-state index in [9.17, 15) is 4.79 Å². The maximum atomic E-state index is 13.8. The number of piperazine rings is 1. The van der Waals surface area contributed by atoms with E-state index < -0.39 is 0 Å². The number of nitrogens with one attached hydrogen (secondary N) is 1. The average molecular weight is 497 g/mol. The lowest BCUT2D eigenvalue weighted by molar-refractivity contribution is 0.0277. The second-order valence-corrected chi connectivity index (χ2v) is 9.89. The van der Waals surface area contributed by atoms with Gasteiger partial charge in [-0.3, -0.25) is 9.69 Å². The van der Waals surface area contributed by atoms with Gasteiger partial charge in [-0.15, -0.1) is 0 Å². The fourth-order valence-corrected chi connectivity index (χ4v) is 5.58. The predicted molar refractivity (Wildman–Crippen MR) is 148 cm³/mol. The molecule has 0 aliphatic carbocycles. The number of hydrogen-bond acceptors (Lipinski definition) is 4. The molecular formula is C31H36N4O2. The van der Waals surface area contributed by atoms with Crippen LogP contribution in [0.5, 0.6) is 5.75 Å². The van der Waals surface area contributed by atoms with Gasteiger partial charge >= 0.3 is 0 Å². The molecule has 0 radical (unpaired) electrons. The summed E-state index contributed by atoms with van der Waals surface area (Å²) in [5, 5.41) is 2.13. The van der Waals surface area contributed by atoms with Gasteiger partial charge in [0.25, 0.3) is 5.91 Å². The van der Waals surface area contributed by atoms with Crippen LogP contribution in [0.2, 0.25) is 0 Å². The summed E-state index contributed by atoms with van der Waals surface area (Å²) in [5.74, 6) is 0.995. The van der Waals surface area contributed by atoms with Crippen molar-refractivity contribution in [2.75, 3.05) is 26.7 Å². The highest BCUT2D eigenvalue weighted by Gasteiger charge is 2.35. The first-order valence-electron chi connectivity index (χ1n) is 13.3. The zero-order valence-electron chi connectivity index (χ0n) is 21.8. The van der Waals surface area contributed by atoms with Crippen molar-refractivity contribution in [2.45, 2.75) is 44.7 Å². The van der Waals surface area contributed by atoms with E-state index in [2.05, 4.69) is 57.0 Å². The number of carbonyl (C=O) groups is 1. The summed E-state index contributed by atoms with van der Waals surface area (Å²) >= 11 is 0. The molecule has 5 rings (SSSR count). The topological polar surface area (TPSA) is 61.5 Å². The quantitative estimate of drug-likeness (QED) is 0.315. The van der Waals surface area contributed by atoms with E-state index in [4.69, 9.17) is 4.74 Å². The molecular weight excluding hydrogens is 460 g/mol. The number of carbonyl (C=O) groups excluding carboxylic acids is 1. The Morgan fingerprint density at radius 2 is 1.89 bits per heavy atom. The lowest BCUT2D eigenvalue weighted by atomic mass is 9.96. The number of nitrogens with zero attached hydrogens (tertiary/aromatic N) is 3. The van der Waals surface area contributed by atoms with Gasteiger partial charge in [0.2, 0.25) is 0 Å². The van der Waals surface area contributed by atoms with Crippen LogP contribution in [0.1, 0.15) is 53.8 Å². The number of fused-ring (bicyclic) bond motifs is 1. The number of hydrogen-bond donors (Lipinski definition) is 1. The van der Waals surface area contributed by atoms with Gasteiger partial charge < -0.3 is 14.6 Å². The normalized spacial score (nSPS) is 17.1. The number of aromatic amines is 1. The Morgan fingerprint density at radius 3 is 2.65 bits per heavy atom. The lowest BCUT2D eigenvalue weighted by Gasteiger charge is -2.45. The molecule has 4 aromatic rings. The maximum absolute atomic E-state index is 13.8. The average Bonchev–Trinajstić information content (AvgIpc) is 3.49. The molecule has 1 aliphatic heterocycles. The number of benzene rings is 3. The third-order valence-corrected chi connectivity index (χ3v) is 7.59. The van der Waals surface area contributed by atoms with E-state index in [0.717, 1.165) is 66.6 Å². The fourth-order valence-electron chi connectivity index (χ4n) is 5.58. The number of methoxy groups -OCH3 is 1. The van der Waals surface area contributed by atoms with Gasteiger partial charge in [-0.05, 0) is 47.4 Å². The molecule has 3 aromatic carbocycles. The highest BCUT2D eigenvalue weighted by atomic mass is 16.5. The summed E-state index contributed by atoms with van der Waals surface area (Å²) in [4.78, 5) is 26.1. The molecule has 0 spiro atoms. The van der Waals surface area contributed by atoms with Crippen LogP contribution >= 0.6 is 0 Å². The molecule has 1 amide bonds. The van der Waals surface area contributed by atoms with Crippen molar-refractivity contribution < 1.29 is 9.53 Å². The summed E-state index contributed by atoms with van der Waals surface area (Å²) in [6, 6.07) is 23.0. The number of aromatic nitrogens is 2. The molecule has 1 aliphatic rings. The van der Waals surface area contributed by atoms with E-state index in [1.165, 1.54) is 5.56 Å². The Kier molecular flexibility index (Phi) is 7.85. The summed E-state index contributed by atoms with van der Waals surface area (Å²) in [7, 11) is 1.69. The molecule has 2 heterocycles. The highest BCUT2D eigenvalue weighted by molar-refractivity contribution is 6.07. The summed E-state index contributed by atoms with van der Waals surface area (Å²) in [5.41, 5.74) is 3.17. The van der Waals surface area contributed by atoms with Crippen LogP contribution in [0.15, 0.2) is 79.3 Å². The van der Waals surface area contributed by atoms with Crippen LogP contribution in [0, 0.1) is 0 Å². The molecule has 37 heavy (non-hydrogen) atoms. The molecule has 2 atom stereocenters. The Labute approximate surface area is 219 Å². The van der Waals surface area contributed by atoms with Crippen molar-refractivity contribution in [1.82, 2.24) is 19.8 Å². The minimum absolute atomic E-state index is 0.131.